The number of halogens is 1. The zero-order valence-electron chi connectivity index (χ0n) is 17.2. The Kier molecular flexibility index (Phi) is 6.23. The maximum absolute atomic E-state index is 13.4. The topological polar surface area (TPSA) is 60.2 Å². The standard InChI is InChI=1S/C22H29BrN4O2/c1-15(2)29-19-13-17(23)9-10-18(19)22(28)26-11-6-7-16(14-26)21-25-24-20-8-4-3-5-12-27(20)21/h9-10,13,15-16H,3-8,11-12,14H2,1-2H3. The van der Waals surface area contributed by atoms with E-state index in [1.54, 1.807) is 0 Å². The molecule has 6 nitrogen and oxygen atoms in total. The first kappa shape index (κ1) is 20.4. The molecule has 0 radical (unpaired) electrons. The number of hydrogen-bond donors (Lipinski definition) is 0. The zero-order valence-corrected chi connectivity index (χ0v) is 18.8. The molecule has 1 unspecified atom stereocenters. The van der Waals surface area contributed by atoms with E-state index in [0.29, 0.717) is 17.9 Å². The van der Waals surface area contributed by atoms with Gasteiger partial charge < -0.3 is 14.2 Å². The van der Waals surface area contributed by atoms with Crippen LogP contribution in [0.1, 0.15) is 73.9 Å². The van der Waals surface area contributed by atoms with Gasteiger partial charge in [-0.2, -0.15) is 0 Å². The van der Waals surface area contributed by atoms with E-state index in [1.165, 1.54) is 19.3 Å². The van der Waals surface area contributed by atoms with Crippen LogP contribution in [0, 0.1) is 0 Å². The Morgan fingerprint density at radius 2 is 2.03 bits per heavy atom. The second kappa shape index (κ2) is 8.86. The van der Waals surface area contributed by atoms with E-state index in [0.717, 1.165) is 48.5 Å². The van der Waals surface area contributed by atoms with Crippen LogP contribution < -0.4 is 4.74 Å². The van der Waals surface area contributed by atoms with E-state index in [2.05, 4.69) is 30.7 Å². The molecule has 0 bridgehead atoms. The first-order valence-electron chi connectivity index (χ1n) is 10.7. The first-order valence-corrected chi connectivity index (χ1v) is 11.5. The SMILES string of the molecule is CC(C)Oc1cc(Br)ccc1C(=O)N1CCCC(c2nnc3n2CCCCC3)C1. The monoisotopic (exact) mass is 460 g/mol. The summed E-state index contributed by atoms with van der Waals surface area (Å²) in [5.41, 5.74) is 0.627. The van der Waals surface area contributed by atoms with E-state index in [4.69, 9.17) is 4.74 Å². The van der Waals surface area contributed by atoms with E-state index in [-0.39, 0.29) is 17.9 Å². The van der Waals surface area contributed by atoms with Gasteiger partial charge >= 0.3 is 0 Å². The average Bonchev–Trinajstić information content (AvgIpc) is 2.95. The molecule has 29 heavy (non-hydrogen) atoms. The van der Waals surface area contributed by atoms with Crippen LogP contribution in [0.3, 0.4) is 0 Å². The van der Waals surface area contributed by atoms with Crippen molar-refractivity contribution < 1.29 is 9.53 Å². The fourth-order valence-corrected chi connectivity index (χ4v) is 4.72. The van der Waals surface area contributed by atoms with Crippen molar-refractivity contribution in [3.63, 3.8) is 0 Å². The smallest absolute Gasteiger partial charge is 0.257 e. The highest BCUT2D eigenvalue weighted by Gasteiger charge is 2.31. The molecule has 2 aromatic rings. The summed E-state index contributed by atoms with van der Waals surface area (Å²) in [5.74, 6) is 3.10. The van der Waals surface area contributed by atoms with Gasteiger partial charge in [-0.25, -0.2) is 0 Å². The summed E-state index contributed by atoms with van der Waals surface area (Å²) in [6.07, 6.45) is 6.68. The predicted octanol–water partition coefficient (Wildman–Crippen LogP) is 4.57. The van der Waals surface area contributed by atoms with Crippen LogP contribution in [-0.2, 0) is 13.0 Å². The summed E-state index contributed by atoms with van der Waals surface area (Å²) in [4.78, 5) is 15.3. The van der Waals surface area contributed by atoms with E-state index < -0.39 is 0 Å². The lowest BCUT2D eigenvalue weighted by Crippen LogP contribution is -2.40. The Bertz CT molecular complexity index is 880. The molecule has 0 spiro atoms. The van der Waals surface area contributed by atoms with Crippen LogP contribution in [0.15, 0.2) is 22.7 Å². The van der Waals surface area contributed by atoms with Gasteiger partial charge in [0.2, 0.25) is 0 Å². The summed E-state index contributed by atoms with van der Waals surface area (Å²) in [5, 5.41) is 9.00. The number of hydrogen-bond acceptors (Lipinski definition) is 4. The van der Waals surface area contributed by atoms with Crippen molar-refractivity contribution in [2.45, 2.75) is 70.9 Å². The number of carbonyl (C=O) groups is 1. The molecule has 0 saturated carbocycles. The number of nitrogens with zero attached hydrogens (tertiary/aromatic N) is 4. The average molecular weight is 461 g/mol. The lowest BCUT2D eigenvalue weighted by molar-refractivity contribution is 0.0697. The van der Waals surface area contributed by atoms with Crippen molar-refractivity contribution in [3.8, 4) is 5.75 Å². The van der Waals surface area contributed by atoms with Crippen molar-refractivity contribution >= 4 is 21.8 Å². The van der Waals surface area contributed by atoms with Crippen molar-refractivity contribution in [1.82, 2.24) is 19.7 Å². The number of fused-ring (bicyclic) bond motifs is 1. The zero-order chi connectivity index (χ0) is 20.4. The molecular weight excluding hydrogens is 432 g/mol. The fraction of sp³-hybridized carbons (Fsp3) is 0.591. The third-order valence-corrected chi connectivity index (χ3v) is 6.24. The van der Waals surface area contributed by atoms with Gasteiger partial charge in [0.15, 0.2) is 0 Å². The van der Waals surface area contributed by atoms with Gasteiger partial charge in [-0.15, -0.1) is 10.2 Å². The number of piperidine rings is 1. The summed E-state index contributed by atoms with van der Waals surface area (Å²) in [6, 6.07) is 5.64. The summed E-state index contributed by atoms with van der Waals surface area (Å²) < 4.78 is 9.15. The Labute approximate surface area is 180 Å². The van der Waals surface area contributed by atoms with Crippen LogP contribution >= 0.6 is 15.9 Å². The Morgan fingerprint density at radius 3 is 2.86 bits per heavy atom. The highest BCUT2D eigenvalue weighted by molar-refractivity contribution is 9.10. The van der Waals surface area contributed by atoms with Gasteiger partial charge in [0, 0.05) is 36.4 Å². The molecule has 3 heterocycles. The molecule has 156 valence electrons. The highest BCUT2D eigenvalue weighted by atomic mass is 79.9. The lowest BCUT2D eigenvalue weighted by Gasteiger charge is -2.33. The van der Waals surface area contributed by atoms with Crippen molar-refractivity contribution in [1.29, 1.82) is 0 Å². The van der Waals surface area contributed by atoms with E-state index in [9.17, 15) is 4.79 Å². The predicted molar refractivity (Wildman–Crippen MR) is 115 cm³/mol. The molecule has 2 aliphatic heterocycles. The maximum Gasteiger partial charge on any atom is 0.257 e. The van der Waals surface area contributed by atoms with Crippen LogP contribution in [0.25, 0.3) is 0 Å². The van der Waals surface area contributed by atoms with Gasteiger partial charge in [0.25, 0.3) is 5.91 Å². The number of rotatable bonds is 4. The summed E-state index contributed by atoms with van der Waals surface area (Å²) in [6.45, 7) is 6.41. The van der Waals surface area contributed by atoms with Crippen LogP contribution in [0.2, 0.25) is 0 Å². The van der Waals surface area contributed by atoms with Gasteiger partial charge in [0.05, 0.1) is 11.7 Å². The highest BCUT2D eigenvalue weighted by Crippen LogP contribution is 2.31. The molecule has 1 fully saturated rings. The number of aryl methyl sites for hydroxylation is 1. The quantitative estimate of drug-likeness (QED) is 0.669. The molecule has 7 heteroatoms. The number of carbonyl (C=O) groups excluding carboxylic acids is 1. The van der Waals surface area contributed by atoms with E-state index in [1.807, 2.05) is 36.9 Å². The molecule has 1 amide bonds. The molecule has 1 atom stereocenters. The molecular formula is C22H29BrN4O2. The third kappa shape index (κ3) is 4.49. The normalized spacial score (nSPS) is 19.7. The Morgan fingerprint density at radius 1 is 1.17 bits per heavy atom. The molecule has 1 saturated heterocycles. The molecule has 4 rings (SSSR count). The fourth-order valence-electron chi connectivity index (χ4n) is 4.38. The minimum Gasteiger partial charge on any atom is -0.490 e. The lowest BCUT2D eigenvalue weighted by atomic mass is 9.96. The summed E-state index contributed by atoms with van der Waals surface area (Å²) in [7, 11) is 0. The second-order valence-electron chi connectivity index (χ2n) is 8.33. The van der Waals surface area contributed by atoms with Gasteiger partial charge in [-0.05, 0) is 57.7 Å². The Balaban J connectivity index is 1.55. The molecule has 0 aliphatic carbocycles. The van der Waals surface area contributed by atoms with E-state index >= 15 is 0 Å². The second-order valence-corrected chi connectivity index (χ2v) is 9.25. The minimum absolute atomic E-state index is 0.0106. The largest absolute Gasteiger partial charge is 0.490 e. The summed E-state index contributed by atoms with van der Waals surface area (Å²) >= 11 is 3.49. The van der Waals surface area contributed by atoms with Crippen molar-refractivity contribution in [3.05, 3.63) is 39.9 Å². The minimum atomic E-state index is 0.0106. The molecule has 1 aromatic carbocycles. The third-order valence-electron chi connectivity index (χ3n) is 5.75. The van der Waals surface area contributed by atoms with Crippen LogP contribution in [0.5, 0.6) is 5.75 Å². The number of benzene rings is 1. The number of likely N-dealkylation sites (tertiary alicyclic amines) is 1. The number of ether oxygens (including phenoxy) is 1. The van der Waals surface area contributed by atoms with Gasteiger partial charge in [-0.1, -0.05) is 22.4 Å². The number of amides is 1. The van der Waals surface area contributed by atoms with Gasteiger partial charge in [0.1, 0.15) is 17.4 Å². The number of aromatic nitrogens is 3. The Hall–Kier alpha value is -1.89. The van der Waals surface area contributed by atoms with Crippen molar-refractivity contribution in [2.75, 3.05) is 13.1 Å². The van der Waals surface area contributed by atoms with Crippen LogP contribution in [0.4, 0.5) is 0 Å². The maximum atomic E-state index is 13.4. The first-order chi connectivity index (χ1) is 14.0. The van der Waals surface area contributed by atoms with Crippen LogP contribution in [-0.4, -0.2) is 44.8 Å². The van der Waals surface area contributed by atoms with Crippen molar-refractivity contribution in [2.24, 2.45) is 0 Å². The molecule has 2 aliphatic rings. The molecule has 0 N–H and O–H groups in total. The molecule has 1 aromatic heterocycles. The van der Waals surface area contributed by atoms with Gasteiger partial charge in [-0.3, -0.25) is 4.79 Å².